The molecule has 0 radical (unpaired) electrons. The number of hydrogen-bond donors (Lipinski definition) is 2. The van der Waals surface area contributed by atoms with Crippen LogP contribution in [0.3, 0.4) is 0 Å². The van der Waals surface area contributed by atoms with E-state index in [0.29, 0.717) is 43.9 Å². The number of pyridine rings is 1. The fourth-order valence-corrected chi connectivity index (χ4v) is 2.98. The van der Waals surface area contributed by atoms with Crippen molar-refractivity contribution in [2.75, 3.05) is 19.6 Å². The fraction of sp³-hybridized carbons (Fsp3) is 0.444. The van der Waals surface area contributed by atoms with Crippen LogP contribution in [0.5, 0.6) is 0 Å². The van der Waals surface area contributed by atoms with Gasteiger partial charge in [-0.15, -0.1) is 0 Å². The zero-order chi connectivity index (χ0) is 18.4. The Hall–Kier alpha value is -2.74. The van der Waals surface area contributed by atoms with Crippen molar-refractivity contribution < 1.29 is 14.1 Å². The van der Waals surface area contributed by atoms with E-state index in [1.54, 1.807) is 11.1 Å². The molecule has 0 spiro atoms. The van der Waals surface area contributed by atoms with Crippen molar-refractivity contribution in [3.05, 3.63) is 47.6 Å². The van der Waals surface area contributed by atoms with Crippen LogP contribution in [0.4, 0.5) is 0 Å². The van der Waals surface area contributed by atoms with Crippen LogP contribution in [0.25, 0.3) is 0 Å². The molecule has 1 atom stereocenters. The van der Waals surface area contributed by atoms with Crippen molar-refractivity contribution in [1.29, 1.82) is 0 Å². The lowest BCUT2D eigenvalue weighted by molar-refractivity contribution is -0.126. The molecule has 3 heterocycles. The van der Waals surface area contributed by atoms with Gasteiger partial charge in [0.2, 0.25) is 5.91 Å². The molecular weight excluding hydrogens is 334 g/mol. The van der Waals surface area contributed by atoms with Gasteiger partial charge in [0.15, 0.2) is 0 Å². The average molecular weight is 357 g/mol. The van der Waals surface area contributed by atoms with Gasteiger partial charge in [0.25, 0.3) is 5.91 Å². The number of rotatable bonds is 6. The second-order valence-corrected chi connectivity index (χ2v) is 6.17. The van der Waals surface area contributed by atoms with E-state index in [2.05, 4.69) is 20.8 Å². The highest BCUT2D eigenvalue weighted by atomic mass is 16.5. The van der Waals surface area contributed by atoms with Gasteiger partial charge in [-0.25, -0.2) is 0 Å². The summed E-state index contributed by atoms with van der Waals surface area (Å²) in [7, 11) is 0. The summed E-state index contributed by atoms with van der Waals surface area (Å²) < 4.78 is 5.20. The molecule has 0 saturated carbocycles. The van der Waals surface area contributed by atoms with Crippen molar-refractivity contribution in [3.63, 3.8) is 0 Å². The summed E-state index contributed by atoms with van der Waals surface area (Å²) >= 11 is 0. The van der Waals surface area contributed by atoms with Gasteiger partial charge >= 0.3 is 0 Å². The van der Waals surface area contributed by atoms with Gasteiger partial charge < -0.3 is 20.1 Å². The number of hydrogen-bond acceptors (Lipinski definition) is 6. The Balaban J connectivity index is 1.69. The Kier molecular flexibility index (Phi) is 5.96. The first kappa shape index (κ1) is 18.1. The smallest absolute Gasteiger partial charge is 0.259 e. The second-order valence-electron chi connectivity index (χ2n) is 6.17. The molecule has 1 aliphatic rings. The molecule has 0 bridgehead atoms. The fourth-order valence-electron chi connectivity index (χ4n) is 2.98. The van der Waals surface area contributed by atoms with Crippen LogP contribution in [0.2, 0.25) is 0 Å². The largest absolute Gasteiger partial charge is 0.361 e. The molecule has 2 N–H and O–H groups in total. The number of carbonyl (C=O) groups is 2. The number of nitrogens with one attached hydrogen (secondary N) is 2. The average Bonchev–Trinajstić information content (AvgIpc) is 3.15. The van der Waals surface area contributed by atoms with E-state index in [0.717, 1.165) is 12.1 Å². The zero-order valence-electron chi connectivity index (χ0n) is 14.8. The maximum Gasteiger partial charge on any atom is 0.259 e. The van der Waals surface area contributed by atoms with Gasteiger partial charge in [0.1, 0.15) is 17.4 Å². The van der Waals surface area contributed by atoms with Crippen LogP contribution in [0.15, 0.2) is 35.1 Å². The summed E-state index contributed by atoms with van der Waals surface area (Å²) in [4.78, 5) is 31.4. The van der Waals surface area contributed by atoms with E-state index in [9.17, 15) is 9.59 Å². The SMILES string of the molecule is CCCc1oncc1C(=O)N1CCNC[C@@H]1C(=O)NCc1ccccn1. The lowest BCUT2D eigenvalue weighted by Gasteiger charge is -2.35. The molecule has 2 aromatic heterocycles. The van der Waals surface area contributed by atoms with Gasteiger partial charge in [-0.1, -0.05) is 18.1 Å². The molecule has 26 heavy (non-hydrogen) atoms. The summed E-state index contributed by atoms with van der Waals surface area (Å²) in [6, 6.07) is 4.96. The first-order valence-corrected chi connectivity index (χ1v) is 8.83. The predicted octanol–water partition coefficient (Wildman–Crippen LogP) is 0.753. The Morgan fingerprint density at radius 2 is 2.31 bits per heavy atom. The summed E-state index contributed by atoms with van der Waals surface area (Å²) in [5.41, 5.74) is 1.21. The monoisotopic (exact) mass is 357 g/mol. The van der Waals surface area contributed by atoms with Crippen molar-refractivity contribution in [3.8, 4) is 0 Å². The second kappa shape index (κ2) is 8.57. The van der Waals surface area contributed by atoms with Crippen LogP contribution >= 0.6 is 0 Å². The molecule has 1 saturated heterocycles. The van der Waals surface area contributed by atoms with Gasteiger partial charge in [-0.05, 0) is 18.6 Å². The Bertz CT molecular complexity index is 746. The van der Waals surface area contributed by atoms with Gasteiger partial charge in [0.05, 0.1) is 18.4 Å². The third-order valence-corrected chi connectivity index (χ3v) is 4.33. The molecule has 8 heteroatoms. The lowest BCUT2D eigenvalue weighted by Crippen LogP contribution is -2.59. The molecule has 0 aromatic carbocycles. The lowest BCUT2D eigenvalue weighted by atomic mass is 10.1. The zero-order valence-corrected chi connectivity index (χ0v) is 14.8. The normalized spacial score (nSPS) is 17.1. The minimum atomic E-state index is -0.579. The van der Waals surface area contributed by atoms with E-state index >= 15 is 0 Å². The predicted molar refractivity (Wildman–Crippen MR) is 94.3 cm³/mol. The highest BCUT2D eigenvalue weighted by Crippen LogP contribution is 2.16. The van der Waals surface area contributed by atoms with E-state index in [4.69, 9.17) is 4.52 Å². The molecule has 1 fully saturated rings. The number of piperazine rings is 1. The third kappa shape index (κ3) is 4.08. The first-order chi connectivity index (χ1) is 12.7. The number of aromatic nitrogens is 2. The molecule has 0 aliphatic carbocycles. The van der Waals surface area contributed by atoms with Gasteiger partial charge in [0, 0.05) is 32.3 Å². The van der Waals surface area contributed by atoms with Crippen LogP contribution < -0.4 is 10.6 Å². The van der Waals surface area contributed by atoms with Crippen molar-refractivity contribution in [2.24, 2.45) is 0 Å². The van der Waals surface area contributed by atoms with Crippen molar-refractivity contribution in [2.45, 2.75) is 32.4 Å². The molecule has 0 unspecified atom stereocenters. The topological polar surface area (TPSA) is 100 Å². The van der Waals surface area contributed by atoms with Crippen LogP contribution in [0.1, 0.15) is 35.2 Å². The number of nitrogens with zero attached hydrogens (tertiary/aromatic N) is 3. The maximum atomic E-state index is 13.0. The summed E-state index contributed by atoms with van der Waals surface area (Å²) in [6.07, 6.45) is 4.62. The van der Waals surface area contributed by atoms with Crippen molar-refractivity contribution in [1.82, 2.24) is 25.7 Å². The molecule has 8 nitrogen and oxygen atoms in total. The van der Waals surface area contributed by atoms with Crippen LogP contribution in [-0.2, 0) is 17.8 Å². The van der Waals surface area contributed by atoms with Gasteiger partial charge in [-0.3, -0.25) is 14.6 Å². The summed E-state index contributed by atoms with van der Waals surface area (Å²) in [5.74, 6) is 0.155. The highest BCUT2D eigenvalue weighted by molar-refractivity contribution is 5.98. The first-order valence-electron chi connectivity index (χ1n) is 8.83. The van der Waals surface area contributed by atoms with E-state index in [1.165, 1.54) is 6.20 Å². The quantitative estimate of drug-likeness (QED) is 0.791. The van der Waals surface area contributed by atoms with Crippen LogP contribution in [0, 0.1) is 0 Å². The number of carbonyl (C=O) groups excluding carboxylic acids is 2. The third-order valence-electron chi connectivity index (χ3n) is 4.33. The molecule has 1 aliphatic heterocycles. The Labute approximate surface area is 151 Å². The van der Waals surface area contributed by atoms with E-state index in [1.807, 2.05) is 25.1 Å². The highest BCUT2D eigenvalue weighted by Gasteiger charge is 2.34. The van der Waals surface area contributed by atoms with Gasteiger partial charge in [-0.2, -0.15) is 0 Å². The standard InChI is InChI=1S/C18H23N5O3/c1-2-5-16-14(11-22-26-16)18(25)23-9-8-19-12-15(23)17(24)21-10-13-6-3-4-7-20-13/h3-4,6-7,11,15,19H,2,5,8-10,12H2,1H3,(H,21,24)/t15-/m1/s1. The van der Waals surface area contributed by atoms with E-state index in [-0.39, 0.29) is 11.8 Å². The number of amides is 2. The molecule has 3 rings (SSSR count). The molecule has 2 aromatic rings. The van der Waals surface area contributed by atoms with Crippen LogP contribution in [-0.4, -0.2) is 52.5 Å². The van der Waals surface area contributed by atoms with E-state index < -0.39 is 6.04 Å². The minimum absolute atomic E-state index is 0.204. The Morgan fingerprint density at radius 3 is 3.08 bits per heavy atom. The number of aryl methyl sites for hydroxylation is 1. The summed E-state index contributed by atoms with van der Waals surface area (Å²) in [6.45, 7) is 3.84. The van der Waals surface area contributed by atoms with Crippen molar-refractivity contribution >= 4 is 11.8 Å². The molecule has 138 valence electrons. The minimum Gasteiger partial charge on any atom is -0.361 e. The summed E-state index contributed by atoms with van der Waals surface area (Å²) in [5, 5.41) is 9.79. The Morgan fingerprint density at radius 1 is 1.42 bits per heavy atom. The molecule has 2 amide bonds. The maximum absolute atomic E-state index is 13.0. The molecular formula is C18H23N5O3.